The molecule has 0 aliphatic heterocycles. The second-order valence-electron chi connectivity index (χ2n) is 5.72. The van der Waals surface area contributed by atoms with Gasteiger partial charge in [-0.2, -0.15) is 13.2 Å². The molecule has 0 fully saturated rings. The molecular weight excluding hydrogens is 451 g/mol. The number of rotatable bonds is 7. The molecule has 0 aliphatic carbocycles. The number of hydrogen-bond acceptors (Lipinski definition) is 5. The Morgan fingerprint density at radius 1 is 1.17 bits per heavy atom. The van der Waals surface area contributed by atoms with Crippen LogP contribution in [0.15, 0.2) is 41.3 Å². The number of nitrogens with one attached hydrogen (secondary N) is 1. The van der Waals surface area contributed by atoms with Gasteiger partial charge in [0.05, 0.1) is 24.8 Å². The van der Waals surface area contributed by atoms with Crippen LogP contribution in [0.4, 0.5) is 18.9 Å². The molecule has 0 atom stereocenters. The summed E-state index contributed by atoms with van der Waals surface area (Å²) in [5, 5.41) is 8.17. The van der Waals surface area contributed by atoms with Gasteiger partial charge >= 0.3 is 12.1 Å². The minimum Gasteiger partial charge on any atom is -0.493 e. The van der Waals surface area contributed by atoms with Crippen molar-refractivity contribution in [1.82, 2.24) is 0 Å². The van der Waals surface area contributed by atoms with Crippen LogP contribution in [0.3, 0.4) is 0 Å². The third kappa shape index (κ3) is 5.36. The molecule has 0 radical (unpaired) electrons. The molecule has 0 unspecified atom stereocenters. The fourth-order valence-electron chi connectivity index (χ4n) is 2.43. The Morgan fingerprint density at radius 2 is 1.83 bits per heavy atom. The summed E-state index contributed by atoms with van der Waals surface area (Å²) < 4.78 is 77.1. The van der Waals surface area contributed by atoms with Crippen LogP contribution in [0.5, 0.6) is 11.5 Å². The SMILES string of the molecule is COc1cc(C=CC(=O)O)cc(S(=O)(=O)Nc2ccc(Cl)c(C(F)(F)F)c2)c1OC. The lowest BCUT2D eigenvalue weighted by Crippen LogP contribution is -2.16. The van der Waals surface area contributed by atoms with Crippen LogP contribution >= 0.6 is 11.6 Å². The van der Waals surface area contributed by atoms with Gasteiger partial charge in [0.1, 0.15) is 4.90 Å². The lowest BCUT2D eigenvalue weighted by atomic mass is 10.2. The van der Waals surface area contributed by atoms with Crippen molar-refractivity contribution in [2.24, 2.45) is 0 Å². The number of aliphatic carboxylic acids is 1. The number of carboxylic acid groups (broad SMARTS) is 1. The average molecular weight is 466 g/mol. The van der Waals surface area contributed by atoms with Crippen molar-refractivity contribution in [2.45, 2.75) is 11.1 Å². The number of halogens is 4. The molecule has 162 valence electrons. The van der Waals surface area contributed by atoms with E-state index in [9.17, 15) is 26.4 Å². The highest BCUT2D eigenvalue weighted by Crippen LogP contribution is 2.39. The van der Waals surface area contributed by atoms with Gasteiger partial charge in [0, 0.05) is 11.8 Å². The Kier molecular flexibility index (Phi) is 6.88. The van der Waals surface area contributed by atoms with Crippen molar-refractivity contribution in [3.05, 3.63) is 52.6 Å². The first kappa shape index (κ1) is 23.4. The third-order valence-corrected chi connectivity index (χ3v) is 5.42. The predicted octanol–water partition coefficient (Wildman–Crippen LogP) is 4.27. The molecule has 12 heteroatoms. The minimum atomic E-state index is -4.79. The van der Waals surface area contributed by atoms with Crippen LogP contribution in [0.2, 0.25) is 5.02 Å². The van der Waals surface area contributed by atoms with Crippen LogP contribution in [0.25, 0.3) is 6.08 Å². The normalized spacial score (nSPS) is 12.1. The zero-order valence-corrected chi connectivity index (χ0v) is 17.0. The van der Waals surface area contributed by atoms with E-state index in [1.807, 2.05) is 4.72 Å². The van der Waals surface area contributed by atoms with Gasteiger partial charge in [-0.15, -0.1) is 0 Å². The maximum atomic E-state index is 13.1. The zero-order chi connectivity index (χ0) is 22.7. The van der Waals surface area contributed by atoms with E-state index in [0.717, 1.165) is 30.4 Å². The molecule has 2 aromatic carbocycles. The number of carbonyl (C=O) groups is 1. The van der Waals surface area contributed by atoms with E-state index in [4.69, 9.17) is 26.2 Å². The Hall–Kier alpha value is -2.92. The highest BCUT2D eigenvalue weighted by atomic mass is 35.5. The summed E-state index contributed by atoms with van der Waals surface area (Å²) in [7, 11) is -2.06. The van der Waals surface area contributed by atoms with Crippen LogP contribution in [0.1, 0.15) is 11.1 Å². The molecule has 0 heterocycles. The molecule has 0 aromatic heterocycles. The average Bonchev–Trinajstić information content (AvgIpc) is 2.65. The standard InChI is InChI=1S/C18H15ClF3NO6S/c1-28-14-7-10(3-6-16(24)25)8-15(17(14)29-2)30(26,27)23-11-4-5-13(19)12(9-11)18(20,21)22/h3-9,23H,1-2H3,(H,24,25). The van der Waals surface area contributed by atoms with Crippen molar-refractivity contribution in [1.29, 1.82) is 0 Å². The number of anilines is 1. The summed E-state index contributed by atoms with van der Waals surface area (Å²) in [6.45, 7) is 0. The van der Waals surface area contributed by atoms with Crippen molar-refractivity contribution in [2.75, 3.05) is 18.9 Å². The first-order valence-electron chi connectivity index (χ1n) is 7.95. The monoisotopic (exact) mass is 465 g/mol. The largest absolute Gasteiger partial charge is 0.493 e. The van der Waals surface area contributed by atoms with Crippen LogP contribution < -0.4 is 14.2 Å². The number of ether oxygens (including phenoxy) is 2. The van der Waals surface area contributed by atoms with Gasteiger partial charge in [-0.05, 0) is 42.0 Å². The highest BCUT2D eigenvalue weighted by molar-refractivity contribution is 7.92. The Labute approximate surface area is 174 Å². The zero-order valence-electron chi connectivity index (χ0n) is 15.5. The first-order valence-corrected chi connectivity index (χ1v) is 9.81. The van der Waals surface area contributed by atoms with Crippen LogP contribution in [0, 0.1) is 0 Å². The van der Waals surface area contributed by atoms with Gasteiger partial charge < -0.3 is 14.6 Å². The Morgan fingerprint density at radius 3 is 2.37 bits per heavy atom. The van der Waals surface area contributed by atoms with Crippen molar-refractivity contribution in [3.8, 4) is 11.5 Å². The number of benzene rings is 2. The predicted molar refractivity (Wildman–Crippen MR) is 103 cm³/mol. The molecule has 0 spiro atoms. The summed E-state index contributed by atoms with van der Waals surface area (Å²) in [6.07, 6.45) is -2.89. The minimum absolute atomic E-state index is 0.0301. The molecule has 7 nitrogen and oxygen atoms in total. The second kappa shape index (κ2) is 8.84. The summed E-state index contributed by atoms with van der Waals surface area (Å²) in [6, 6.07) is 4.95. The number of methoxy groups -OCH3 is 2. The van der Waals surface area contributed by atoms with E-state index < -0.39 is 37.7 Å². The van der Waals surface area contributed by atoms with Gasteiger partial charge in [-0.3, -0.25) is 4.72 Å². The smallest absolute Gasteiger partial charge is 0.417 e. The van der Waals surface area contributed by atoms with E-state index in [-0.39, 0.29) is 22.7 Å². The van der Waals surface area contributed by atoms with E-state index in [1.165, 1.54) is 20.3 Å². The van der Waals surface area contributed by atoms with E-state index in [1.54, 1.807) is 0 Å². The fraction of sp³-hybridized carbons (Fsp3) is 0.167. The molecule has 0 aliphatic rings. The summed E-state index contributed by atoms with van der Waals surface area (Å²) >= 11 is 5.55. The van der Waals surface area contributed by atoms with Crippen LogP contribution in [-0.2, 0) is 21.0 Å². The van der Waals surface area contributed by atoms with Crippen molar-refractivity contribution in [3.63, 3.8) is 0 Å². The van der Waals surface area contributed by atoms with Crippen LogP contribution in [-0.4, -0.2) is 33.7 Å². The fourth-order valence-corrected chi connectivity index (χ4v) is 3.92. The summed E-state index contributed by atoms with van der Waals surface area (Å²) in [4.78, 5) is 10.3. The summed E-state index contributed by atoms with van der Waals surface area (Å²) in [5.41, 5.74) is -1.46. The number of hydrogen-bond donors (Lipinski definition) is 2. The molecule has 2 N–H and O–H groups in total. The quantitative estimate of drug-likeness (QED) is 0.592. The number of alkyl halides is 3. The number of sulfonamides is 1. The Balaban J connectivity index is 2.59. The first-order chi connectivity index (χ1) is 13.9. The Bertz CT molecular complexity index is 1100. The second-order valence-corrected chi connectivity index (χ2v) is 7.78. The molecule has 0 saturated carbocycles. The maximum Gasteiger partial charge on any atom is 0.417 e. The van der Waals surface area contributed by atoms with E-state index in [2.05, 4.69) is 0 Å². The van der Waals surface area contributed by atoms with Crippen molar-refractivity contribution < 1.29 is 41.0 Å². The van der Waals surface area contributed by atoms with Gasteiger partial charge in [0.15, 0.2) is 11.5 Å². The lowest BCUT2D eigenvalue weighted by Gasteiger charge is -2.16. The van der Waals surface area contributed by atoms with Crippen molar-refractivity contribution >= 4 is 39.4 Å². The van der Waals surface area contributed by atoms with E-state index >= 15 is 0 Å². The van der Waals surface area contributed by atoms with Gasteiger partial charge in [0.25, 0.3) is 10.0 Å². The number of carboxylic acids is 1. The topological polar surface area (TPSA) is 102 Å². The molecule has 0 amide bonds. The summed E-state index contributed by atoms with van der Waals surface area (Å²) in [5.74, 6) is -1.52. The molecular formula is C18H15ClF3NO6S. The molecule has 2 rings (SSSR count). The van der Waals surface area contributed by atoms with Gasteiger partial charge in [-0.25, -0.2) is 13.2 Å². The van der Waals surface area contributed by atoms with Gasteiger partial charge in [0.2, 0.25) is 0 Å². The third-order valence-electron chi connectivity index (χ3n) is 3.70. The highest BCUT2D eigenvalue weighted by Gasteiger charge is 2.34. The molecule has 2 aromatic rings. The molecule has 30 heavy (non-hydrogen) atoms. The maximum absolute atomic E-state index is 13.1. The lowest BCUT2D eigenvalue weighted by molar-refractivity contribution is -0.137. The van der Waals surface area contributed by atoms with Gasteiger partial charge in [-0.1, -0.05) is 11.6 Å². The molecule has 0 bridgehead atoms. The van der Waals surface area contributed by atoms with E-state index in [0.29, 0.717) is 6.07 Å². The molecule has 0 saturated heterocycles.